The highest BCUT2D eigenvalue weighted by molar-refractivity contribution is 7.54. The van der Waals surface area contributed by atoms with Crippen LogP contribution in [0.3, 0.4) is 0 Å². The molecule has 3 aromatic rings. The molecule has 0 aromatic heterocycles. The third-order valence-electron chi connectivity index (χ3n) is 3.30. The minimum atomic E-state index is -0.978. The van der Waals surface area contributed by atoms with E-state index in [0.29, 0.717) is 22.6 Å². The van der Waals surface area contributed by atoms with Gasteiger partial charge < -0.3 is 9.84 Å². The molecule has 6 heteroatoms. The second kappa shape index (κ2) is 6.41. The minimum absolute atomic E-state index is 0.149. The maximum absolute atomic E-state index is 11.3. The summed E-state index contributed by atoms with van der Waals surface area (Å²) in [5.41, 5.74) is 0.790. The zero-order valence-electron chi connectivity index (χ0n) is 11.8. The van der Waals surface area contributed by atoms with Gasteiger partial charge in [-0.05, 0) is 53.2 Å². The van der Waals surface area contributed by atoms with E-state index in [1.165, 1.54) is 0 Å². The first-order valence-corrected chi connectivity index (χ1v) is 7.41. The topological polar surface area (TPSA) is 76.0 Å². The van der Waals surface area contributed by atoms with Crippen molar-refractivity contribution in [3.63, 3.8) is 0 Å². The van der Waals surface area contributed by atoms with Gasteiger partial charge in [0, 0.05) is 0 Å². The van der Waals surface area contributed by atoms with Gasteiger partial charge >= 0.3 is 5.97 Å². The number of benzene rings is 3. The number of carboxylic acid groups (broad SMARTS) is 1. The Kier molecular flexibility index (Phi) is 4.16. The van der Waals surface area contributed by atoms with Crippen LogP contribution >= 0.6 is 0 Å². The molecule has 0 radical (unpaired) electrons. The molecule has 0 fully saturated rings. The molecule has 0 atom stereocenters. The van der Waals surface area contributed by atoms with Crippen LogP contribution in [-0.2, 0) is 11.5 Å². The van der Waals surface area contributed by atoms with Crippen LogP contribution in [0.4, 0.5) is 5.69 Å². The normalized spacial score (nSPS) is 10.3. The molecule has 0 aliphatic heterocycles. The van der Waals surface area contributed by atoms with Crippen molar-refractivity contribution in [3.8, 4) is 11.5 Å². The van der Waals surface area contributed by atoms with E-state index in [4.69, 9.17) is 4.74 Å². The third-order valence-corrected chi connectivity index (χ3v) is 3.58. The number of rotatable bonds is 4. The van der Waals surface area contributed by atoms with Gasteiger partial charge in [0.15, 0.2) is 0 Å². The van der Waals surface area contributed by atoms with E-state index in [1.54, 1.807) is 48.5 Å². The summed E-state index contributed by atoms with van der Waals surface area (Å²) in [6.07, 6.45) is 0. The number of carbonyl (C=O) groups is 1. The highest BCUT2D eigenvalue weighted by atomic mass is 32.1. The molecule has 0 unspecified atom stereocenters. The van der Waals surface area contributed by atoms with Gasteiger partial charge in [-0.15, -0.1) is 0 Å². The van der Waals surface area contributed by atoms with Crippen molar-refractivity contribution in [2.75, 3.05) is 0 Å². The molecule has 0 saturated heterocycles. The van der Waals surface area contributed by atoms with E-state index >= 15 is 0 Å². The summed E-state index contributed by atoms with van der Waals surface area (Å²) in [6.45, 7) is 0. The summed E-state index contributed by atoms with van der Waals surface area (Å²) >= 11 is 0.149. The Morgan fingerprint density at radius 2 is 1.74 bits per heavy atom. The maximum atomic E-state index is 11.3. The van der Waals surface area contributed by atoms with Crippen molar-refractivity contribution in [3.05, 3.63) is 66.2 Å². The molecule has 23 heavy (non-hydrogen) atoms. The summed E-state index contributed by atoms with van der Waals surface area (Å²) in [6, 6.07) is 17.1. The molecule has 0 aliphatic carbocycles. The van der Waals surface area contributed by atoms with E-state index in [2.05, 4.69) is 4.36 Å². The predicted octanol–water partition coefficient (Wildman–Crippen LogP) is 4.36. The van der Waals surface area contributed by atoms with Crippen LogP contribution < -0.4 is 4.74 Å². The van der Waals surface area contributed by atoms with E-state index in [0.717, 1.165) is 5.39 Å². The Balaban J connectivity index is 1.95. The van der Waals surface area contributed by atoms with Crippen molar-refractivity contribution >= 4 is 33.9 Å². The van der Waals surface area contributed by atoms with E-state index in [9.17, 15) is 14.1 Å². The molecule has 1 N–H and O–H groups in total. The standard InChI is InChI=1S/C17H11NO4S/c19-17(20)15-3-1-2-11-4-7-14(10-16(11)15)22-13-8-5-12(6-9-13)18-23-21/h1-10H,(H,19,20). The molecular formula is C17H11NO4S. The average molecular weight is 325 g/mol. The lowest BCUT2D eigenvalue weighted by Gasteiger charge is -2.08. The molecule has 3 aromatic carbocycles. The first-order chi connectivity index (χ1) is 11.2. The van der Waals surface area contributed by atoms with Crippen molar-refractivity contribution in [1.29, 1.82) is 0 Å². The second-order valence-corrected chi connectivity index (χ2v) is 5.09. The van der Waals surface area contributed by atoms with Gasteiger partial charge in [-0.3, -0.25) is 0 Å². The molecule has 0 spiro atoms. The van der Waals surface area contributed by atoms with Crippen LogP contribution in [-0.4, -0.2) is 15.3 Å². The van der Waals surface area contributed by atoms with Gasteiger partial charge in [0.2, 0.25) is 11.5 Å². The van der Waals surface area contributed by atoms with Crippen LogP contribution in [0.15, 0.2) is 65.0 Å². The van der Waals surface area contributed by atoms with Crippen LogP contribution in [0.25, 0.3) is 10.8 Å². The third kappa shape index (κ3) is 3.27. The number of carboxylic acids is 1. The molecule has 0 bridgehead atoms. The molecule has 3 rings (SSSR count). The van der Waals surface area contributed by atoms with Gasteiger partial charge in [0.25, 0.3) is 0 Å². The quantitative estimate of drug-likeness (QED) is 0.773. The Hall–Kier alpha value is -2.99. The highest BCUT2D eigenvalue weighted by Gasteiger charge is 2.09. The van der Waals surface area contributed by atoms with E-state index < -0.39 is 5.97 Å². The number of hydrogen-bond donors (Lipinski definition) is 1. The van der Waals surface area contributed by atoms with Gasteiger partial charge in [-0.2, -0.15) is 8.57 Å². The zero-order valence-corrected chi connectivity index (χ0v) is 12.6. The van der Waals surface area contributed by atoms with Crippen molar-refractivity contribution in [2.24, 2.45) is 4.36 Å². The number of hydrogen-bond acceptors (Lipinski definition) is 4. The Labute approximate surface area is 135 Å². The van der Waals surface area contributed by atoms with Crippen molar-refractivity contribution in [2.45, 2.75) is 0 Å². The van der Waals surface area contributed by atoms with Gasteiger partial charge in [-0.25, -0.2) is 4.79 Å². The predicted molar refractivity (Wildman–Crippen MR) is 87.7 cm³/mol. The molecule has 114 valence electrons. The van der Waals surface area contributed by atoms with Crippen LogP contribution in [0.1, 0.15) is 10.4 Å². The lowest BCUT2D eigenvalue weighted by atomic mass is 10.0. The van der Waals surface area contributed by atoms with Gasteiger partial charge in [0.05, 0.1) is 11.3 Å². The highest BCUT2D eigenvalue weighted by Crippen LogP contribution is 2.28. The van der Waals surface area contributed by atoms with Crippen molar-refractivity contribution in [1.82, 2.24) is 0 Å². The number of fused-ring (bicyclic) bond motifs is 1. The molecule has 0 heterocycles. The summed E-state index contributed by atoms with van der Waals surface area (Å²) < 4.78 is 19.8. The molecular weight excluding hydrogens is 314 g/mol. The number of aromatic carboxylic acids is 1. The molecule has 5 nitrogen and oxygen atoms in total. The van der Waals surface area contributed by atoms with Crippen LogP contribution in [0.2, 0.25) is 0 Å². The number of nitrogens with zero attached hydrogens (tertiary/aromatic N) is 1. The Morgan fingerprint density at radius 3 is 2.43 bits per heavy atom. The fourth-order valence-corrected chi connectivity index (χ4v) is 2.46. The fraction of sp³-hybridized carbons (Fsp3) is 0. The van der Waals surface area contributed by atoms with E-state index in [-0.39, 0.29) is 17.0 Å². The summed E-state index contributed by atoms with van der Waals surface area (Å²) in [5, 5.41) is 10.7. The monoisotopic (exact) mass is 325 g/mol. The van der Waals surface area contributed by atoms with Crippen LogP contribution in [0, 0.1) is 0 Å². The molecule has 0 amide bonds. The second-order valence-electron chi connectivity index (χ2n) is 4.76. The lowest BCUT2D eigenvalue weighted by molar-refractivity contribution is 0.0699. The van der Waals surface area contributed by atoms with Gasteiger partial charge in [0.1, 0.15) is 11.5 Å². The average Bonchev–Trinajstić information content (AvgIpc) is 2.56. The van der Waals surface area contributed by atoms with Crippen LogP contribution in [0.5, 0.6) is 11.5 Å². The molecule has 0 saturated carbocycles. The number of ether oxygens (including phenoxy) is 1. The SMILES string of the molecule is O=S=Nc1ccc(Oc2ccc3cccc(C(=O)O)c3c2)cc1. The van der Waals surface area contributed by atoms with E-state index in [1.807, 2.05) is 12.1 Å². The first kappa shape index (κ1) is 14.9. The first-order valence-electron chi connectivity index (χ1n) is 6.71. The van der Waals surface area contributed by atoms with Crippen molar-refractivity contribution < 1.29 is 18.8 Å². The fourth-order valence-electron chi connectivity index (χ4n) is 2.26. The lowest BCUT2D eigenvalue weighted by Crippen LogP contribution is -1.97. The summed E-state index contributed by atoms with van der Waals surface area (Å²) in [5.74, 6) is 0.134. The Morgan fingerprint density at radius 1 is 1.00 bits per heavy atom. The summed E-state index contributed by atoms with van der Waals surface area (Å²) in [4.78, 5) is 11.3. The summed E-state index contributed by atoms with van der Waals surface area (Å²) in [7, 11) is 0. The minimum Gasteiger partial charge on any atom is -0.478 e. The maximum Gasteiger partial charge on any atom is 0.336 e. The Bertz CT molecular complexity index is 931. The molecule has 0 aliphatic rings. The zero-order chi connectivity index (χ0) is 16.2. The smallest absolute Gasteiger partial charge is 0.336 e. The largest absolute Gasteiger partial charge is 0.478 e. The van der Waals surface area contributed by atoms with Gasteiger partial charge in [-0.1, -0.05) is 18.2 Å².